The summed E-state index contributed by atoms with van der Waals surface area (Å²) < 4.78 is 0. The molecule has 1 aromatic carbocycles. The number of nitrogens with zero attached hydrogens (tertiary/aromatic N) is 5. The van der Waals surface area contributed by atoms with Gasteiger partial charge in [0.15, 0.2) is 5.11 Å². The van der Waals surface area contributed by atoms with Crippen LogP contribution in [0.1, 0.15) is 51.4 Å². The Morgan fingerprint density at radius 1 is 0.735 bits per heavy atom. The van der Waals surface area contributed by atoms with Gasteiger partial charge in [0, 0.05) is 57.1 Å². The fourth-order valence-electron chi connectivity index (χ4n) is 5.33. The predicted octanol–water partition coefficient (Wildman–Crippen LogP) is 4.41. The van der Waals surface area contributed by atoms with Crippen molar-refractivity contribution in [3.63, 3.8) is 0 Å². The van der Waals surface area contributed by atoms with Crippen molar-refractivity contribution in [2.75, 3.05) is 59.3 Å². The molecular formula is C26H37N7S. The maximum absolute atomic E-state index is 5.67. The summed E-state index contributed by atoms with van der Waals surface area (Å²) in [5, 5.41) is 7.49. The topological polar surface area (TPSA) is 59.6 Å². The summed E-state index contributed by atoms with van der Waals surface area (Å²) in [6.45, 7) is 5.96. The largest absolute Gasteiger partial charge is 0.368 e. The van der Waals surface area contributed by atoms with Crippen molar-refractivity contribution >= 4 is 40.6 Å². The average Bonchev–Trinajstić information content (AvgIpc) is 3.30. The van der Waals surface area contributed by atoms with Crippen LogP contribution in [0.25, 0.3) is 0 Å². The summed E-state index contributed by atoms with van der Waals surface area (Å²) >= 11 is 5.67. The first-order valence-corrected chi connectivity index (χ1v) is 13.4. The average molecular weight is 480 g/mol. The molecule has 0 bridgehead atoms. The fraction of sp³-hybridized carbons (Fsp3) is 0.577. The second-order valence-electron chi connectivity index (χ2n) is 9.70. The van der Waals surface area contributed by atoms with E-state index in [-0.39, 0.29) is 0 Å². The van der Waals surface area contributed by atoms with Crippen molar-refractivity contribution in [2.24, 2.45) is 0 Å². The van der Waals surface area contributed by atoms with Gasteiger partial charge in [0.05, 0.1) is 0 Å². The highest BCUT2D eigenvalue weighted by Gasteiger charge is 2.22. The Morgan fingerprint density at radius 3 is 1.97 bits per heavy atom. The normalized spacial score (nSPS) is 19.7. The molecule has 7 nitrogen and oxygen atoms in total. The highest BCUT2D eigenvalue weighted by Crippen LogP contribution is 2.26. The molecule has 1 saturated carbocycles. The number of hydrogen-bond donors (Lipinski definition) is 2. The summed E-state index contributed by atoms with van der Waals surface area (Å²) in [5.74, 6) is 2.60. The Bertz CT molecular complexity index is 931. The molecule has 3 aliphatic rings. The number of hydrogen-bond acceptors (Lipinski definition) is 6. The van der Waals surface area contributed by atoms with Gasteiger partial charge in [0.2, 0.25) is 5.95 Å². The van der Waals surface area contributed by atoms with E-state index in [1.54, 1.807) is 0 Å². The highest BCUT2D eigenvalue weighted by atomic mass is 32.1. The maximum Gasteiger partial charge on any atom is 0.232 e. The predicted molar refractivity (Wildman–Crippen MR) is 145 cm³/mol. The van der Waals surface area contributed by atoms with Crippen molar-refractivity contribution < 1.29 is 0 Å². The van der Waals surface area contributed by atoms with E-state index in [2.05, 4.69) is 61.7 Å². The maximum atomic E-state index is 5.67. The number of para-hydroxylation sites is 1. The molecule has 0 spiro atoms. The Labute approximate surface area is 208 Å². The van der Waals surface area contributed by atoms with E-state index in [1.165, 1.54) is 57.1 Å². The van der Waals surface area contributed by atoms with Crippen LogP contribution in [-0.2, 0) is 0 Å². The van der Waals surface area contributed by atoms with Crippen LogP contribution < -0.4 is 25.3 Å². The first-order chi connectivity index (χ1) is 16.7. The third-order valence-corrected chi connectivity index (χ3v) is 7.49. The van der Waals surface area contributed by atoms with Crippen LogP contribution in [0.5, 0.6) is 0 Å². The van der Waals surface area contributed by atoms with Gasteiger partial charge in [-0.1, -0.05) is 43.9 Å². The molecule has 2 aliphatic heterocycles. The number of piperazine rings is 1. The van der Waals surface area contributed by atoms with Gasteiger partial charge in [-0.25, -0.2) is 0 Å². The van der Waals surface area contributed by atoms with Gasteiger partial charge in [-0.2, -0.15) is 9.97 Å². The van der Waals surface area contributed by atoms with Crippen LogP contribution >= 0.6 is 12.2 Å². The summed E-state index contributed by atoms with van der Waals surface area (Å²) in [7, 11) is 0. The van der Waals surface area contributed by atoms with Gasteiger partial charge < -0.3 is 25.3 Å². The Balaban J connectivity index is 1.28. The van der Waals surface area contributed by atoms with Crippen LogP contribution in [0.2, 0.25) is 0 Å². The Kier molecular flexibility index (Phi) is 7.63. The van der Waals surface area contributed by atoms with Crippen LogP contribution in [0.15, 0.2) is 36.4 Å². The SMILES string of the molecule is S=C(Nc1nc(N2CCCC2)cc(N2CCN(c3ccccc3)CC2)n1)NC1CCCCCC1. The van der Waals surface area contributed by atoms with Gasteiger partial charge >= 0.3 is 0 Å². The minimum atomic E-state index is 0.454. The van der Waals surface area contributed by atoms with E-state index in [0.717, 1.165) is 50.9 Å². The van der Waals surface area contributed by atoms with E-state index in [4.69, 9.17) is 22.2 Å². The summed E-state index contributed by atoms with van der Waals surface area (Å²) in [5.41, 5.74) is 1.29. The van der Waals surface area contributed by atoms with Gasteiger partial charge in [-0.15, -0.1) is 0 Å². The third kappa shape index (κ3) is 5.90. The number of nitrogens with one attached hydrogen (secondary N) is 2. The number of thiocarbonyl (C=S) groups is 1. The molecule has 3 fully saturated rings. The van der Waals surface area contributed by atoms with Gasteiger partial charge in [0.1, 0.15) is 11.6 Å². The first kappa shape index (κ1) is 23.1. The van der Waals surface area contributed by atoms with E-state index < -0.39 is 0 Å². The summed E-state index contributed by atoms with van der Waals surface area (Å²) in [4.78, 5) is 17.0. The summed E-state index contributed by atoms with van der Waals surface area (Å²) in [6.07, 6.45) is 10.0. The van der Waals surface area contributed by atoms with Crippen molar-refractivity contribution in [2.45, 2.75) is 57.4 Å². The van der Waals surface area contributed by atoms with Crippen molar-refractivity contribution in [1.82, 2.24) is 15.3 Å². The van der Waals surface area contributed by atoms with Gasteiger partial charge in [-0.3, -0.25) is 0 Å². The fourth-order valence-corrected chi connectivity index (χ4v) is 5.59. The van der Waals surface area contributed by atoms with E-state index in [1.807, 2.05) is 0 Å². The Hall–Kier alpha value is -2.61. The van der Waals surface area contributed by atoms with Crippen molar-refractivity contribution in [3.8, 4) is 0 Å². The lowest BCUT2D eigenvalue weighted by molar-refractivity contribution is 0.535. The number of benzene rings is 1. The molecule has 0 amide bonds. The second kappa shape index (κ2) is 11.2. The molecular weight excluding hydrogens is 442 g/mol. The minimum absolute atomic E-state index is 0.454. The zero-order chi connectivity index (χ0) is 23.2. The summed E-state index contributed by atoms with van der Waals surface area (Å²) in [6, 6.07) is 13.3. The van der Waals surface area contributed by atoms with E-state index in [9.17, 15) is 0 Å². The molecule has 2 saturated heterocycles. The van der Waals surface area contributed by atoms with Crippen LogP contribution in [0.4, 0.5) is 23.3 Å². The number of rotatable bonds is 5. The monoisotopic (exact) mass is 479 g/mol. The zero-order valence-electron chi connectivity index (χ0n) is 20.1. The lowest BCUT2D eigenvalue weighted by atomic mass is 10.1. The van der Waals surface area contributed by atoms with Crippen molar-refractivity contribution in [3.05, 3.63) is 36.4 Å². The van der Waals surface area contributed by atoms with E-state index in [0.29, 0.717) is 17.1 Å². The molecule has 1 aliphatic carbocycles. The number of anilines is 4. The quantitative estimate of drug-likeness (QED) is 0.483. The smallest absolute Gasteiger partial charge is 0.232 e. The molecule has 3 heterocycles. The molecule has 2 aromatic rings. The van der Waals surface area contributed by atoms with Crippen molar-refractivity contribution in [1.29, 1.82) is 0 Å². The Morgan fingerprint density at radius 2 is 1.32 bits per heavy atom. The standard InChI is InChI=1S/C26H37N7S/c34-26(27-21-10-4-1-2-5-11-21)30-25-28-23(32-14-8-9-15-32)20-24(29-25)33-18-16-31(17-19-33)22-12-6-3-7-13-22/h3,6-7,12-13,20-21H,1-2,4-5,8-11,14-19H2,(H2,27,28,29,30,34). The van der Waals surface area contributed by atoms with Gasteiger partial charge in [0.25, 0.3) is 0 Å². The van der Waals surface area contributed by atoms with Crippen LogP contribution in [0.3, 0.4) is 0 Å². The number of aromatic nitrogens is 2. The van der Waals surface area contributed by atoms with E-state index >= 15 is 0 Å². The van der Waals surface area contributed by atoms with Crippen LogP contribution in [0, 0.1) is 0 Å². The molecule has 2 N–H and O–H groups in total. The molecule has 0 radical (unpaired) electrons. The molecule has 5 rings (SSSR count). The lowest BCUT2D eigenvalue weighted by Gasteiger charge is -2.37. The molecule has 0 atom stereocenters. The highest BCUT2D eigenvalue weighted by molar-refractivity contribution is 7.80. The molecule has 182 valence electrons. The third-order valence-electron chi connectivity index (χ3n) is 7.27. The van der Waals surface area contributed by atoms with Gasteiger partial charge in [-0.05, 0) is 50.0 Å². The van der Waals surface area contributed by atoms with Crippen LogP contribution in [-0.4, -0.2) is 60.4 Å². The molecule has 0 unspecified atom stereocenters. The molecule has 1 aromatic heterocycles. The minimum Gasteiger partial charge on any atom is -0.368 e. The second-order valence-corrected chi connectivity index (χ2v) is 10.1. The lowest BCUT2D eigenvalue weighted by Crippen LogP contribution is -2.47. The molecule has 8 heteroatoms. The first-order valence-electron chi connectivity index (χ1n) is 13.0. The zero-order valence-corrected chi connectivity index (χ0v) is 20.9. The molecule has 34 heavy (non-hydrogen) atoms.